The molecule has 162 valence electrons. The number of rotatable bonds is 3. The summed E-state index contributed by atoms with van der Waals surface area (Å²) in [6.07, 6.45) is -0.557. The van der Waals surface area contributed by atoms with Gasteiger partial charge in [-0.1, -0.05) is 36.0 Å². The molecule has 3 unspecified atom stereocenters. The van der Waals surface area contributed by atoms with E-state index < -0.39 is 29.2 Å². The van der Waals surface area contributed by atoms with Gasteiger partial charge < -0.3 is 10.1 Å². The van der Waals surface area contributed by atoms with Crippen molar-refractivity contribution in [3.63, 3.8) is 0 Å². The van der Waals surface area contributed by atoms with Crippen LogP contribution in [0.2, 0.25) is 0 Å². The Morgan fingerprint density at radius 2 is 1.97 bits per heavy atom. The van der Waals surface area contributed by atoms with E-state index in [4.69, 9.17) is 10.6 Å². The molecule has 4 rings (SSSR count). The fraction of sp³-hybridized carbons (Fsp3) is 0.286. The molecule has 0 spiro atoms. The summed E-state index contributed by atoms with van der Waals surface area (Å²) >= 11 is 1.30. The molecule has 2 aliphatic rings. The molecule has 4 N–H and O–H groups in total. The summed E-state index contributed by atoms with van der Waals surface area (Å²) in [6.45, 7) is -0.121. The minimum atomic E-state index is -1.21. The van der Waals surface area contributed by atoms with Gasteiger partial charge >= 0.3 is 0 Å². The van der Waals surface area contributed by atoms with Crippen LogP contribution >= 0.6 is 11.8 Å². The number of fused-ring (bicyclic) bond motifs is 1. The lowest BCUT2D eigenvalue weighted by atomic mass is 9.75. The summed E-state index contributed by atoms with van der Waals surface area (Å²) in [6, 6.07) is 11.9. The molecule has 0 aliphatic carbocycles. The number of nitrogens with zero attached hydrogens (tertiary/aromatic N) is 1. The Labute approximate surface area is 181 Å². The summed E-state index contributed by atoms with van der Waals surface area (Å²) in [5.41, 5.74) is 1.46. The third-order valence-electron chi connectivity index (χ3n) is 5.49. The highest BCUT2D eigenvalue weighted by Crippen LogP contribution is 2.47. The number of nitrogens with one attached hydrogen (secondary N) is 2. The zero-order chi connectivity index (χ0) is 22.0. The van der Waals surface area contributed by atoms with E-state index in [2.05, 4.69) is 15.7 Å². The van der Waals surface area contributed by atoms with Gasteiger partial charge in [0.1, 0.15) is 23.3 Å². The Kier molecular flexibility index (Phi) is 6.03. The number of nitrogens with two attached hydrogens (primary N) is 1. The van der Waals surface area contributed by atoms with Crippen molar-refractivity contribution in [3.05, 3.63) is 71.3 Å². The zero-order valence-corrected chi connectivity index (χ0v) is 17.1. The maximum atomic E-state index is 14.8. The van der Waals surface area contributed by atoms with Crippen LogP contribution in [0.5, 0.6) is 0 Å². The summed E-state index contributed by atoms with van der Waals surface area (Å²) in [5, 5.41) is 3.07. The highest BCUT2D eigenvalue weighted by atomic mass is 32.2. The van der Waals surface area contributed by atoms with E-state index in [1.807, 2.05) is 0 Å². The number of aliphatic imine (C=N–C) groups is 1. The molecule has 0 radical (unpaired) electrons. The first-order valence-corrected chi connectivity index (χ1v) is 10.6. The van der Waals surface area contributed by atoms with Crippen LogP contribution in [0.4, 0.5) is 8.78 Å². The third kappa shape index (κ3) is 4.18. The van der Waals surface area contributed by atoms with Crippen molar-refractivity contribution >= 4 is 28.7 Å². The Morgan fingerprint density at radius 1 is 1.19 bits per heavy atom. The molecule has 0 aromatic heterocycles. The number of carbonyl (C=O) groups excluding carboxylic acids is 2. The second-order valence-corrected chi connectivity index (χ2v) is 8.35. The van der Waals surface area contributed by atoms with Crippen molar-refractivity contribution in [2.24, 2.45) is 16.8 Å². The topological polar surface area (TPSA) is 106 Å². The second-order valence-electron chi connectivity index (χ2n) is 7.34. The van der Waals surface area contributed by atoms with Crippen molar-refractivity contribution in [2.75, 3.05) is 12.4 Å². The number of thioether (sulfide) groups is 1. The monoisotopic (exact) mass is 446 g/mol. The van der Waals surface area contributed by atoms with Gasteiger partial charge in [-0.25, -0.2) is 19.6 Å². The van der Waals surface area contributed by atoms with Crippen molar-refractivity contribution in [2.45, 2.75) is 18.1 Å². The molecular weight excluding hydrogens is 426 g/mol. The summed E-state index contributed by atoms with van der Waals surface area (Å²) in [5.74, 6) is 3.07. The first-order valence-electron chi connectivity index (χ1n) is 9.59. The molecule has 10 heteroatoms. The largest absolute Gasteiger partial charge is 0.365 e. The molecule has 7 nitrogen and oxygen atoms in total. The molecule has 0 saturated carbocycles. The number of amidine groups is 1. The maximum Gasteiger partial charge on any atom is 0.262 e. The van der Waals surface area contributed by atoms with Crippen LogP contribution in [0.1, 0.15) is 22.3 Å². The average Bonchev–Trinajstić information content (AvgIpc) is 2.78. The molecule has 31 heavy (non-hydrogen) atoms. The summed E-state index contributed by atoms with van der Waals surface area (Å²) < 4.78 is 34.1. The standard InChI is InChI=1S/C21H20F2N4O3S/c22-14-6-7-15(16(23)9-14)21-11-30-17(19(29)27-24)8-13(21)10-31-20(26-21)25-18(28)12-4-2-1-3-5-12/h1-7,9,13,17H,8,10-11,24H2,(H,27,29)(H,25,26,28). The fourth-order valence-corrected chi connectivity index (χ4v) is 5.05. The van der Waals surface area contributed by atoms with Gasteiger partial charge in [-0.3, -0.25) is 15.0 Å². The van der Waals surface area contributed by atoms with E-state index in [1.54, 1.807) is 30.3 Å². The van der Waals surface area contributed by atoms with E-state index >= 15 is 0 Å². The average molecular weight is 446 g/mol. The number of halogens is 2. The van der Waals surface area contributed by atoms with Gasteiger partial charge in [0, 0.05) is 28.9 Å². The lowest BCUT2D eigenvalue weighted by Crippen LogP contribution is -2.54. The van der Waals surface area contributed by atoms with Crippen LogP contribution in [-0.2, 0) is 15.1 Å². The lowest BCUT2D eigenvalue weighted by Gasteiger charge is -2.46. The van der Waals surface area contributed by atoms with Gasteiger partial charge in [-0.15, -0.1) is 0 Å². The molecule has 1 saturated heterocycles. The number of hydrogen-bond acceptors (Lipinski definition) is 6. The Bertz CT molecular complexity index is 1040. The van der Waals surface area contributed by atoms with E-state index in [-0.39, 0.29) is 30.4 Å². The normalized spacial score (nSPS) is 25.2. The van der Waals surface area contributed by atoms with Crippen LogP contribution in [-0.4, -0.2) is 35.4 Å². The molecule has 0 bridgehead atoms. The van der Waals surface area contributed by atoms with Crippen molar-refractivity contribution in [3.8, 4) is 0 Å². The molecule has 2 aliphatic heterocycles. The van der Waals surface area contributed by atoms with Gasteiger partial charge in [0.15, 0.2) is 5.17 Å². The second kappa shape index (κ2) is 8.74. The predicted molar refractivity (Wildman–Crippen MR) is 112 cm³/mol. The Balaban J connectivity index is 1.70. The molecule has 3 atom stereocenters. The van der Waals surface area contributed by atoms with Crippen molar-refractivity contribution in [1.29, 1.82) is 0 Å². The number of carbonyl (C=O) groups is 2. The van der Waals surface area contributed by atoms with Gasteiger partial charge in [-0.2, -0.15) is 0 Å². The van der Waals surface area contributed by atoms with Crippen LogP contribution in [0, 0.1) is 17.6 Å². The zero-order valence-electron chi connectivity index (χ0n) is 16.3. The van der Waals surface area contributed by atoms with E-state index in [0.717, 1.165) is 12.1 Å². The van der Waals surface area contributed by atoms with E-state index in [1.165, 1.54) is 17.8 Å². The van der Waals surface area contributed by atoms with Crippen LogP contribution < -0.4 is 16.6 Å². The van der Waals surface area contributed by atoms with Crippen molar-refractivity contribution < 1.29 is 23.1 Å². The first-order chi connectivity index (χ1) is 14.9. The maximum absolute atomic E-state index is 14.8. The van der Waals surface area contributed by atoms with E-state index in [0.29, 0.717) is 16.5 Å². The smallest absolute Gasteiger partial charge is 0.262 e. The van der Waals surface area contributed by atoms with Gasteiger partial charge in [0.05, 0.1) is 6.61 Å². The predicted octanol–water partition coefficient (Wildman–Crippen LogP) is 2.09. The summed E-state index contributed by atoms with van der Waals surface area (Å²) in [4.78, 5) is 29.2. The van der Waals surface area contributed by atoms with E-state index in [9.17, 15) is 18.4 Å². The molecule has 1 fully saturated rings. The number of hydrazine groups is 1. The molecule has 2 heterocycles. The molecular formula is C21H20F2N4O3S. The van der Waals surface area contributed by atoms with Crippen LogP contribution in [0.25, 0.3) is 0 Å². The Hall–Kier alpha value is -2.82. The number of hydrogen-bond donors (Lipinski definition) is 3. The quantitative estimate of drug-likeness (QED) is 0.380. The number of amides is 2. The third-order valence-corrected chi connectivity index (χ3v) is 6.53. The lowest BCUT2D eigenvalue weighted by molar-refractivity contribution is -0.142. The summed E-state index contributed by atoms with van der Waals surface area (Å²) in [7, 11) is 0. The molecule has 2 aromatic carbocycles. The minimum Gasteiger partial charge on any atom is -0.365 e. The fourth-order valence-electron chi connectivity index (χ4n) is 3.89. The SMILES string of the molecule is NNC(=O)C1CC2CSC(NC(=O)c3ccccc3)=NC2(c2ccc(F)cc2F)CO1. The molecule has 2 aromatic rings. The minimum absolute atomic E-state index is 0.121. The van der Waals surface area contributed by atoms with Gasteiger partial charge in [0.2, 0.25) is 0 Å². The Morgan fingerprint density at radius 3 is 2.68 bits per heavy atom. The van der Waals surface area contributed by atoms with Crippen molar-refractivity contribution in [1.82, 2.24) is 10.7 Å². The highest BCUT2D eigenvalue weighted by molar-refractivity contribution is 8.13. The van der Waals surface area contributed by atoms with Gasteiger partial charge in [0.25, 0.3) is 11.8 Å². The number of benzene rings is 2. The number of ether oxygens (including phenoxy) is 1. The van der Waals surface area contributed by atoms with Crippen LogP contribution in [0.3, 0.4) is 0 Å². The van der Waals surface area contributed by atoms with Crippen LogP contribution in [0.15, 0.2) is 53.5 Å². The molecule has 2 amide bonds. The van der Waals surface area contributed by atoms with Gasteiger partial charge in [-0.05, 0) is 24.6 Å². The highest BCUT2D eigenvalue weighted by Gasteiger charge is 2.51. The first kappa shape index (κ1) is 21.4.